The van der Waals surface area contributed by atoms with Crippen molar-refractivity contribution < 1.29 is 19.3 Å². The van der Waals surface area contributed by atoms with Crippen LogP contribution < -0.4 is 14.2 Å². The molecule has 1 heterocycles. The standard InChI is InChI=1S/C20H25NO4/c1-23-17-7-5-6-15(12-17)18-13-16(22)14-21(18)10-11-25-20-9-4-3-8-19(20)24-2/h3-9,12,16,18,22H,10-11,13-14H2,1-2H3/t16-,18+/m0/s1. The highest BCUT2D eigenvalue weighted by molar-refractivity contribution is 5.39. The van der Waals surface area contributed by atoms with E-state index in [4.69, 9.17) is 14.2 Å². The number of hydrogen-bond donors (Lipinski definition) is 1. The molecule has 3 rings (SSSR count). The quantitative estimate of drug-likeness (QED) is 0.838. The number of hydrogen-bond acceptors (Lipinski definition) is 5. The van der Waals surface area contributed by atoms with E-state index in [0.29, 0.717) is 13.2 Å². The maximum absolute atomic E-state index is 10.1. The van der Waals surface area contributed by atoms with Gasteiger partial charge in [-0.15, -0.1) is 0 Å². The van der Waals surface area contributed by atoms with Crippen LogP contribution >= 0.6 is 0 Å². The first-order chi connectivity index (χ1) is 12.2. The van der Waals surface area contributed by atoms with E-state index in [-0.39, 0.29) is 12.1 Å². The zero-order chi connectivity index (χ0) is 17.6. The van der Waals surface area contributed by atoms with Crippen molar-refractivity contribution >= 4 is 0 Å². The summed E-state index contributed by atoms with van der Waals surface area (Å²) in [5.74, 6) is 2.31. The number of β-amino-alcohol motifs (C(OH)–C–C–N with tert-alkyl or cyclic N) is 1. The second-order valence-corrected chi connectivity index (χ2v) is 6.18. The van der Waals surface area contributed by atoms with Crippen LogP contribution in [-0.4, -0.2) is 50.0 Å². The van der Waals surface area contributed by atoms with E-state index in [0.717, 1.165) is 35.8 Å². The summed E-state index contributed by atoms with van der Waals surface area (Å²) in [4.78, 5) is 2.26. The molecular weight excluding hydrogens is 318 g/mol. The van der Waals surface area contributed by atoms with Crippen LogP contribution in [0.5, 0.6) is 17.2 Å². The third kappa shape index (κ3) is 4.24. The first-order valence-corrected chi connectivity index (χ1v) is 8.53. The maximum atomic E-state index is 10.1. The van der Waals surface area contributed by atoms with Gasteiger partial charge in [-0.2, -0.15) is 0 Å². The lowest BCUT2D eigenvalue weighted by Gasteiger charge is -2.25. The zero-order valence-electron chi connectivity index (χ0n) is 14.7. The van der Waals surface area contributed by atoms with Crippen LogP contribution in [0.1, 0.15) is 18.0 Å². The molecule has 1 fully saturated rings. The first-order valence-electron chi connectivity index (χ1n) is 8.53. The number of aliphatic hydroxyl groups excluding tert-OH is 1. The number of ether oxygens (including phenoxy) is 3. The Morgan fingerprint density at radius 1 is 1.04 bits per heavy atom. The van der Waals surface area contributed by atoms with E-state index in [9.17, 15) is 5.11 Å². The summed E-state index contributed by atoms with van der Waals surface area (Å²) in [6, 6.07) is 15.8. The van der Waals surface area contributed by atoms with Crippen LogP contribution in [0.2, 0.25) is 0 Å². The van der Waals surface area contributed by atoms with Crippen molar-refractivity contribution in [3.63, 3.8) is 0 Å². The molecule has 5 nitrogen and oxygen atoms in total. The highest BCUT2D eigenvalue weighted by Crippen LogP contribution is 2.33. The Morgan fingerprint density at radius 3 is 2.60 bits per heavy atom. The van der Waals surface area contributed by atoms with E-state index >= 15 is 0 Å². The lowest BCUT2D eigenvalue weighted by molar-refractivity contribution is 0.160. The summed E-state index contributed by atoms with van der Waals surface area (Å²) >= 11 is 0. The van der Waals surface area contributed by atoms with Gasteiger partial charge in [0.15, 0.2) is 11.5 Å². The normalized spacial score (nSPS) is 20.4. The number of likely N-dealkylation sites (tertiary alicyclic amines) is 1. The molecule has 0 saturated carbocycles. The van der Waals surface area contributed by atoms with Gasteiger partial charge in [-0.25, -0.2) is 0 Å². The second-order valence-electron chi connectivity index (χ2n) is 6.18. The van der Waals surface area contributed by atoms with Gasteiger partial charge in [0.2, 0.25) is 0 Å². The summed E-state index contributed by atoms with van der Waals surface area (Å²) in [7, 11) is 3.30. The molecule has 25 heavy (non-hydrogen) atoms. The average Bonchev–Trinajstić information content (AvgIpc) is 3.03. The number of rotatable bonds is 7. The molecule has 0 amide bonds. The van der Waals surface area contributed by atoms with Crippen LogP contribution in [0.25, 0.3) is 0 Å². The lowest BCUT2D eigenvalue weighted by Crippen LogP contribution is -2.29. The van der Waals surface area contributed by atoms with Gasteiger partial charge in [-0.05, 0) is 36.2 Å². The third-order valence-corrected chi connectivity index (χ3v) is 4.57. The van der Waals surface area contributed by atoms with Gasteiger partial charge >= 0.3 is 0 Å². The Labute approximate surface area is 148 Å². The molecule has 0 bridgehead atoms. The van der Waals surface area contributed by atoms with Gasteiger partial charge in [0.05, 0.1) is 20.3 Å². The molecule has 134 valence electrons. The number of aliphatic hydroxyl groups is 1. The summed E-state index contributed by atoms with van der Waals surface area (Å²) < 4.78 is 16.5. The van der Waals surface area contributed by atoms with Crippen molar-refractivity contribution in [1.29, 1.82) is 0 Å². The predicted octanol–water partition coefficient (Wildman–Crippen LogP) is 2.89. The Balaban J connectivity index is 1.64. The lowest BCUT2D eigenvalue weighted by atomic mass is 10.0. The topological polar surface area (TPSA) is 51.2 Å². The number of para-hydroxylation sites is 2. The first kappa shape index (κ1) is 17.6. The Hall–Kier alpha value is -2.24. The third-order valence-electron chi connectivity index (χ3n) is 4.57. The molecular formula is C20H25NO4. The van der Waals surface area contributed by atoms with Crippen LogP contribution in [0.3, 0.4) is 0 Å². The summed E-state index contributed by atoms with van der Waals surface area (Å²) in [6.45, 7) is 1.92. The van der Waals surface area contributed by atoms with Crippen LogP contribution in [0.15, 0.2) is 48.5 Å². The van der Waals surface area contributed by atoms with Crippen molar-refractivity contribution in [2.24, 2.45) is 0 Å². The molecule has 0 aliphatic carbocycles. The molecule has 1 N–H and O–H groups in total. The minimum atomic E-state index is -0.317. The molecule has 0 spiro atoms. The fraction of sp³-hybridized carbons (Fsp3) is 0.400. The maximum Gasteiger partial charge on any atom is 0.161 e. The molecule has 2 aromatic carbocycles. The van der Waals surface area contributed by atoms with E-state index in [1.165, 1.54) is 0 Å². The monoisotopic (exact) mass is 343 g/mol. The molecule has 0 unspecified atom stereocenters. The highest BCUT2D eigenvalue weighted by atomic mass is 16.5. The predicted molar refractivity (Wildman–Crippen MR) is 96.4 cm³/mol. The Morgan fingerprint density at radius 2 is 1.84 bits per heavy atom. The van der Waals surface area contributed by atoms with Crippen molar-refractivity contribution in [2.45, 2.75) is 18.6 Å². The number of benzene rings is 2. The summed E-state index contributed by atoms with van der Waals surface area (Å²) in [5, 5.41) is 10.1. The van der Waals surface area contributed by atoms with Crippen LogP contribution in [0, 0.1) is 0 Å². The van der Waals surface area contributed by atoms with Gasteiger partial charge in [0, 0.05) is 19.1 Å². The van der Waals surface area contributed by atoms with Gasteiger partial charge in [-0.3, -0.25) is 4.90 Å². The molecule has 2 atom stereocenters. The molecule has 1 aliphatic rings. The molecule has 0 radical (unpaired) electrons. The van der Waals surface area contributed by atoms with Gasteiger partial charge < -0.3 is 19.3 Å². The fourth-order valence-corrected chi connectivity index (χ4v) is 3.33. The minimum absolute atomic E-state index is 0.173. The van der Waals surface area contributed by atoms with Crippen LogP contribution in [0.4, 0.5) is 0 Å². The Kier molecular flexibility index (Phi) is 5.79. The van der Waals surface area contributed by atoms with Gasteiger partial charge in [-0.1, -0.05) is 24.3 Å². The molecule has 0 aromatic heterocycles. The smallest absolute Gasteiger partial charge is 0.161 e. The fourth-order valence-electron chi connectivity index (χ4n) is 3.33. The van der Waals surface area contributed by atoms with E-state index in [1.54, 1.807) is 14.2 Å². The second kappa shape index (κ2) is 8.23. The van der Waals surface area contributed by atoms with Gasteiger partial charge in [0.1, 0.15) is 12.4 Å². The zero-order valence-corrected chi connectivity index (χ0v) is 14.7. The van der Waals surface area contributed by atoms with Crippen molar-refractivity contribution in [3.05, 3.63) is 54.1 Å². The number of methoxy groups -OCH3 is 2. The van der Waals surface area contributed by atoms with Gasteiger partial charge in [0.25, 0.3) is 0 Å². The molecule has 1 saturated heterocycles. The van der Waals surface area contributed by atoms with E-state index < -0.39 is 0 Å². The van der Waals surface area contributed by atoms with E-state index in [2.05, 4.69) is 11.0 Å². The largest absolute Gasteiger partial charge is 0.497 e. The highest BCUT2D eigenvalue weighted by Gasteiger charge is 2.32. The summed E-state index contributed by atoms with van der Waals surface area (Å²) in [5.41, 5.74) is 1.16. The molecule has 1 aliphatic heterocycles. The van der Waals surface area contributed by atoms with Crippen molar-refractivity contribution in [3.8, 4) is 17.2 Å². The number of nitrogens with zero attached hydrogens (tertiary/aromatic N) is 1. The van der Waals surface area contributed by atoms with Crippen molar-refractivity contribution in [2.75, 3.05) is 33.9 Å². The summed E-state index contributed by atoms with van der Waals surface area (Å²) in [6.07, 6.45) is 0.407. The van der Waals surface area contributed by atoms with E-state index in [1.807, 2.05) is 42.5 Å². The minimum Gasteiger partial charge on any atom is -0.497 e. The van der Waals surface area contributed by atoms with Crippen LogP contribution in [-0.2, 0) is 0 Å². The Bertz CT molecular complexity index is 691. The van der Waals surface area contributed by atoms with Crippen molar-refractivity contribution in [1.82, 2.24) is 4.90 Å². The SMILES string of the molecule is COc1cccc([C@H]2C[C@H](O)CN2CCOc2ccccc2OC)c1. The average molecular weight is 343 g/mol. The molecule has 5 heteroatoms. The molecule has 2 aromatic rings.